The first kappa shape index (κ1) is 37.0. The Labute approximate surface area is 360 Å². The molecule has 0 unspecified atom stereocenters. The second-order valence-electron chi connectivity index (χ2n) is 15.4. The van der Waals surface area contributed by atoms with Crippen molar-refractivity contribution in [2.24, 2.45) is 0 Å². The predicted octanol–water partition coefficient (Wildman–Crippen LogP) is 13.7. The highest BCUT2D eigenvalue weighted by Gasteiger charge is 2.27. The maximum Gasteiger partial charge on any atom is 0.208 e. The van der Waals surface area contributed by atoms with Crippen molar-refractivity contribution in [1.82, 2.24) is 9.55 Å². The van der Waals surface area contributed by atoms with E-state index in [9.17, 15) is 25.5 Å². The molecule has 11 rings (SSSR count). The van der Waals surface area contributed by atoms with Crippen molar-refractivity contribution in [3.05, 3.63) is 174 Å². The molecular weight excluding hydrogens is 789 g/mol. The second kappa shape index (κ2) is 14.6. The van der Waals surface area contributed by atoms with Crippen LogP contribution in [0.3, 0.4) is 0 Å². The first-order chi connectivity index (χ1) is 30.3. The van der Waals surface area contributed by atoms with Gasteiger partial charge in [0.25, 0.3) is 0 Å². The van der Waals surface area contributed by atoms with E-state index in [1.165, 1.54) is 0 Å². The minimum Gasteiger partial charge on any atom is -0.504 e. The fourth-order valence-corrected chi connectivity index (χ4v) is 10.1. The quantitative estimate of drug-likeness (QED) is 0.0841. The van der Waals surface area contributed by atoms with Crippen LogP contribution in [0.1, 0.15) is 16.9 Å². The van der Waals surface area contributed by atoms with Gasteiger partial charge in [-0.2, -0.15) is 0 Å². The molecule has 0 bridgehead atoms. The Bertz CT molecular complexity index is 3450. The lowest BCUT2D eigenvalue weighted by atomic mass is 9.91. The number of benzene rings is 7. The predicted molar refractivity (Wildman–Crippen MR) is 252 cm³/mol. The highest BCUT2D eigenvalue weighted by Crippen LogP contribution is 2.56. The molecule has 7 aromatic carbocycles. The van der Waals surface area contributed by atoms with Gasteiger partial charge in [-0.15, -0.1) is 11.3 Å². The Morgan fingerprint density at radius 1 is 0.500 bits per heavy atom. The molecule has 1 aliphatic carbocycles. The van der Waals surface area contributed by atoms with Gasteiger partial charge in [-0.3, -0.25) is 0 Å². The average Bonchev–Trinajstić information content (AvgIpc) is 3.87. The Balaban J connectivity index is 1.17. The molecule has 7 nitrogen and oxygen atoms in total. The molecule has 0 fully saturated rings. The number of phenols is 5. The van der Waals surface area contributed by atoms with Crippen LogP contribution in [-0.2, 0) is 0 Å². The van der Waals surface area contributed by atoms with Gasteiger partial charge in [-0.1, -0.05) is 127 Å². The van der Waals surface area contributed by atoms with Gasteiger partial charge >= 0.3 is 0 Å². The molecule has 5 N–H and O–H groups in total. The van der Waals surface area contributed by atoms with Crippen LogP contribution in [0.5, 0.6) is 28.7 Å². The molecule has 0 radical (unpaired) electrons. The van der Waals surface area contributed by atoms with Crippen LogP contribution in [0.4, 0.5) is 0 Å². The third-order valence-corrected chi connectivity index (χ3v) is 12.9. The van der Waals surface area contributed by atoms with Gasteiger partial charge in [0.15, 0.2) is 11.5 Å². The molecule has 0 atom stereocenters. The lowest BCUT2D eigenvalue weighted by molar-refractivity contribution is 0.330. The standard InChI is InChI=1S/C54H36N2O5S/c57-50-47(51(58)53(60)54(61)52(50)59)36-28-41(33-18-8-3-9-19-33)55-42(29-36)38-22-13-25-45-48(38)46-34(20-12-24-44(46)62-45)30-56-43-23-11-10-21-37(43)40-27-35(31-14-4-1-5-15-31)26-39(49(40)56)32-16-6-2-7-17-32/h1-19,21-30,57-61H,20H2. The SMILES string of the molecule is Oc1c(O)c(O)c(-c2cc(-c3ccccc3)nc(-c3cccc4sc5c(c34)C(=Cn3c4ccccc4c4cc(-c6ccccc6)cc(-c6ccccc6)c43)CC=C5)c2)c(O)c1O. The first-order valence-electron chi connectivity index (χ1n) is 20.2. The van der Waals surface area contributed by atoms with E-state index in [0.717, 1.165) is 81.3 Å². The van der Waals surface area contributed by atoms with E-state index in [4.69, 9.17) is 4.98 Å². The molecular formula is C54H36N2O5S. The van der Waals surface area contributed by atoms with E-state index in [-0.39, 0.29) is 11.1 Å². The van der Waals surface area contributed by atoms with Gasteiger partial charge in [0, 0.05) is 54.2 Å². The van der Waals surface area contributed by atoms with E-state index >= 15 is 0 Å². The number of aromatic hydroxyl groups is 5. The molecule has 0 spiro atoms. The van der Waals surface area contributed by atoms with Gasteiger partial charge < -0.3 is 30.1 Å². The fraction of sp³-hybridized carbons (Fsp3) is 0.0185. The normalized spacial score (nSPS) is 13.1. The van der Waals surface area contributed by atoms with Gasteiger partial charge in [-0.25, -0.2) is 4.98 Å². The summed E-state index contributed by atoms with van der Waals surface area (Å²) in [6.45, 7) is 0. The van der Waals surface area contributed by atoms with Crippen molar-refractivity contribution in [3.8, 4) is 84.6 Å². The van der Waals surface area contributed by atoms with Crippen molar-refractivity contribution in [2.45, 2.75) is 6.42 Å². The van der Waals surface area contributed by atoms with Gasteiger partial charge in [0.05, 0.1) is 28.0 Å². The molecule has 3 aromatic heterocycles. The highest BCUT2D eigenvalue weighted by molar-refractivity contribution is 7.20. The molecule has 10 aromatic rings. The number of hydrogen-bond acceptors (Lipinski definition) is 7. The van der Waals surface area contributed by atoms with Crippen LogP contribution in [0.25, 0.3) is 106 Å². The van der Waals surface area contributed by atoms with Crippen molar-refractivity contribution >= 4 is 61.1 Å². The van der Waals surface area contributed by atoms with Crippen LogP contribution >= 0.6 is 11.3 Å². The molecule has 298 valence electrons. The molecule has 8 heteroatoms. The Hall–Kier alpha value is -8.07. The van der Waals surface area contributed by atoms with Gasteiger partial charge in [0.2, 0.25) is 17.2 Å². The molecule has 3 heterocycles. The Morgan fingerprint density at radius 3 is 1.85 bits per heavy atom. The topological polar surface area (TPSA) is 119 Å². The van der Waals surface area contributed by atoms with Crippen LogP contribution in [0.15, 0.2) is 164 Å². The number of nitrogens with zero attached hydrogens (tertiary/aromatic N) is 2. The van der Waals surface area contributed by atoms with Gasteiger partial charge in [0.1, 0.15) is 0 Å². The molecule has 0 aliphatic heterocycles. The summed E-state index contributed by atoms with van der Waals surface area (Å²) in [5, 5.41) is 57.0. The van der Waals surface area contributed by atoms with Crippen LogP contribution in [0.2, 0.25) is 0 Å². The van der Waals surface area contributed by atoms with Crippen LogP contribution in [0, 0.1) is 0 Å². The van der Waals surface area contributed by atoms with Crippen molar-refractivity contribution in [1.29, 1.82) is 0 Å². The monoisotopic (exact) mass is 824 g/mol. The number of para-hydroxylation sites is 1. The lowest BCUT2D eigenvalue weighted by Gasteiger charge is -2.17. The van der Waals surface area contributed by atoms with Crippen molar-refractivity contribution in [3.63, 3.8) is 0 Å². The summed E-state index contributed by atoms with van der Waals surface area (Å²) in [7, 11) is 0. The molecule has 62 heavy (non-hydrogen) atoms. The van der Waals surface area contributed by atoms with E-state index in [2.05, 4.69) is 114 Å². The van der Waals surface area contributed by atoms with Crippen molar-refractivity contribution < 1.29 is 25.5 Å². The van der Waals surface area contributed by atoms with E-state index in [1.54, 1.807) is 23.5 Å². The second-order valence-corrected chi connectivity index (χ2v) is 16.5. The molecule has 0 saturated carbocycles. The Morgan fingerprint density at radius 2 is 1.13 bits per heavy atom. The van der Waals surface area contributed by atoms with Crippen LogP contribution in [-0.4, -0.2) is 35.1 Å². The minimum atomic E-state index is -1.01. The molecule has 0 saturated heterocycles. The average molecular weight is 825 g/mol. The first-order valence-corrected chi connectivity index (χ1v) is 21.0. The number of rotatable bonds is 6. The number of fused-ring (bicyclic) bond motifs is 6. The number of hydrogen-bond donors (Lipinski definition) is 5. The molecule has 0 amide bonds. The number of aromatic nitrogens is 2. The number of phenolic OH excluding ortho intramolecular Hbond substituents is 5. The van der Waals surface area contributed by atoms with Crippen molar-refractivity contribution in [2.75, 3.05) is 0 Å². The van der Waals surface area contributed by atoms with Gasteiger partial charge in [-0.05, 0) is 76.7 Å². The summed E-state index contributed by atoms with van der Waals surface area (Å²) in [6.07, 6.45) is 7.37. The van der Waals surface area contributed by atoms with E-state index < -0.39 is 28.7 Å². The van der Waals surface area contributed by atoms with E-state index in [0.29, 0.717) is 17.8 Å². The summed E-state index contributed by atoms with van der Waals surface area (Å²) in [6, 6.07) is 53.3. The third-order valence-electron chi connectivity index (χ3n) is 11.8. The zero-order valence-electron chi connectivity index (χ0n) is 33.0. The number of pyridine rings is 1. The highest BCUT2D eigenvalue weighted by atomic mass is 32.1. The molecule has 1 aliphatic rings. The smallest absolute Gasteiger partial charge is 0.208 e. The summed E-state index contributed by atoms with van der Waals surface area (Å²) in [4.78, 5) is 6.30. The zero-order chi connectivity index (χ0) is 42.1. The fourth-order valence-electron chi connectivity index (χ4n) is 8.91. The minimum absolute atomic E-state index is 0.238. The van der Waals surface area contributed by atoms with E-state index in [1.807, 2.05) is 54.6 Å². The summed E-state index contributed by atoms with van der Waals surface area (Å²) < 4.78 is 3.41. The zero-order valence-corrected chi connectivity index (χ0v) is 33.8. The summed E-state index contributed by atoms with van der Waals surface area (Å²) in [5.41, 5.74) is 11.7. The third kappa shape index (κ3) is 5.91. The number of allylic oxidation sites excluding steroid dienone is 2. The Kier molecular flexibility index (Phi) is 8.70. The van der Waals surface area contributed by atoms with Crippen LogP contribution < -0.4 is 0 Å². The lowest BCUT2D eigenvalue weighted by Crippen LogP contribution is -1.97. The largest absolute Gasteiger partial charge is 0.504 e. The number of thiophene rings is 1. The summed E-state index contributed by atoms with van der Waals surface area (Å²) >= 11 is 1.70. The maximum atomic E-state index is 11.1. The maximum absolute atomic E-state index is 11.1. The summed E-state index contributed by atoms with van der Waals surface area (Å²) in [5.74, 6) is -4.44.